The molecule has 4 aromatic rings. The number of benzene rings is 3. The van der Waals surface area contributed by atoms with Crippen LogP contribution >= 0.6 is 23.1 Å². The van der Waals surface area contributed by atoms with Gasteiger partial charge in [-0.1, -0.05) is 23.9 Å². The number of rotatable bonds is 7. The van der Waals surface area contributed by atoms with Gasteiger partial charge in [-0.15, -0.1) is 11.3 Å². The van der Waals surface area contributed by atoms with Gasteiger partial charge in [0.2, 0.25) is 5.60 Å². The van der Waals surface area contributed by atoms with Crippen LogP contribution in [0.4, 0.5) is 22.0 Å². The maximum absolute atomic E-state index is 14.4. The Balaban J connectivity index is 0.00000280. The summed E-state index contributed by atoms with van der Waals surface area (Å²) in [7, 11) is 0. The van der Waals surface area contributed by atoms with E-state index < -0.39 is 40.0 Å². The summed E-state index contributed by atoms with van der Waals surface area (Å²) < 4.78 is 69.6. The fourth-order valence-corrected chi connectivity index (χ4v) is 5.36. The van der Waals surface area contributed by atoms with Gasteiger partial charge in [0.25, 0.3) is 0 Å². The number of carboxylic acid groups (broad SMARTS) is 1. The van der Waals surface area contributed by atoms with Crippen molar-refractivity contribution in [1.29, 1.82) is 0 Å². The molecule has 2 radical (unpaired) electrons. The molecule has 0 aliphatic rings. The van der Waals surface area contributed by atoms with Crippen LogP contribution in [0.25, 0.3) is 5.57 Å². The maximum atomic E-state index is 14.4. The van der Waals surface area contributed by atoms with Gasteiger partial charge in [-0.2, -0.15) is 13.2 Å². The Labute approximate surface area is 277 Å². The molecule has 198 valence electrons. The van der Waals surface area contributed by atoms with Gasteiger partial charge in [0.1, 0.15) is 22.4 Å². The van der Waals surface area contributed by atoms with Crippen molar-refractivity contribution in [3.05, 3.63) is 112 Å². The van der Waals surface area contributed by atoms with E-state index in [-0.39, 0.29) is 85.8 Å². The number of phenolic OH excluding ortho intramolecular Hbond substituents is 1. The number of alkyl halides is 3. The SMILES string of the molecule is O=C(O)C=C(c1ccc(F)cc1)c1ccc(Sc2cc(F)cc(C(O)(c3nccs3)C(F)(F)F)c2)cc1O.[Na].[Na]. The van der Waals surface area contributed by atoms with Crippen molar-refractivity contribution < 1.29 is 42.1 Å². The number of phenols is 1. The molecule has 1 heterocycles. The van der Waals surface area contributed by atoms with Crippen molar-refractivity contribution in [2.75, 3.05) is 0 Å². The molecular weight excluding hydrogens is 595 g/mol. The van der Waals surface area contributed by atoms with Gasteiger partial charge >= 0.3 is 12.1 Å². The van der Waals surface area contributed by atoms with E-state index in [4.69, 9.17) is 0 Å². The molecule has 0 saturated heterocycles. The van der Waals surface area contributed by atoms with Gasteiger partial charge < -0.3 is 15.3 Å². The number of nitrogens with zero attached hydrogens (tertiary/aromatic N) is 1. The molecule has 5 nitrogen and oxygen atoms in total. The van der Waals surface area contributed by atoms with Crippen LogP contribution in [0.3, 0.4) is 0 Å². The molecule has 4 rings (SSSR count). The Hall–Kier alpha value is -1.74. The van der Waals surface area contributed by atoms with Crippen molar-refractivity contribution in [2.45, 2.75) is 21.6 Å². The summed E-state index contributed by atoms with van der Waals surface area (Å²) in [5.74, 6) is -3.26. The van der Waals surface area contributed by atoms with E-state index in [0.29, 0.717) is 23.0 Å². The van der Waals surface area contributed by atoms with Crippen molar-refractivity contribution >= 4 is 93.8 Å². The Kier molecular flexibility index (Phi) is 12.0. The van der Waals surface area contributed by atoms with E-state index in [1.165, 1.54) is 35.7 Å². The van der Waals surface area contributed by atoms with Gasteiger partial charge in [0.15, 0.2) is 0 Å². The summed E-state index contributed by atoms with van der Waals surface area (Å²) >= 11 is 1.37. The third kappa shape index (κ3) is 7.55. The summed E-state index contributed by atoms with van der Waals surface area (Å²) in [5, 5.41) is 31.2. The number of carbonyl (C=O) groups is 1. The first kappa shape index (κ1) is 34.5. The van der Waals surface area contributed by atoms with Crippen LogP contribution in [0.5, 0.6) is 5.75 Å². The Morgan fingerprint density at radius 3 is 2.15 bits per heavy atom. The number of aliphatic carboxylic acids is 1. The minimum absolute atomic E-state index is 0. The standard InChI is InChI=1S/C26H16F5NO4S2.2Na/c27-16-3-1-14(2-4-16)21(13-23(34)35)20-6-5-18(12-22(20)33)38-19-10-15(9-17(28)11-19)25(36,26(29,30)31)24-32-7-8-37-24;;/h1-13,33,36H,(H,34,35);;. The van der Waals surface area contributed by atoms with Gasteiger partial charge in [0, 0.05) is 97.7 Å². The van der Waals surface area contributed by atoms with Crippen LogP contribution in [0.15, 0.2) is 88.1 Å². The first-order chi connectivity index (χ1) is 17.9. The number of carboxylic acids is 1. The summed E-state index contributed by atoms with van der Waals surface area (Å²) in [4.78, 5) is 15.2. The minimum Gasteiger partial charge on any atom is -0.507 e. The van der Waals surface area contributed by atoms with E-state index in [1.807, 2.05) is 0 Å². The normalized spacial score (nSPS) is 13.1. The fourth-order valence-electron chi connectivity index (χ4n) is 3.65. The Morgan fingerprint density at radius 2 is 1.60 bits per heavy atom. The van der Waals surface area contributed by atoms with Crippen molar-refractivity contribution in [3.63, 3.8) is 0 Å². The van der Waals surface area contributed by atoms with Crippen LogP contribution in [0, 0.1) is 11.6 Å². The second-order valence-corrected chi connectivity index (χ2v) is 9.95. The largest absolute Gasteiger partial charge is 0.507 e. The number of thiazole rings is 1. The van der Waals surface area contributed by atoms with E-state index in [1.54, 1.807) is 0 Å². The van der Waals surface area contributed by atoms with Gasteiger partial charge in [0.05, 0.1) is 0 Å². The molecule has 1 unspecified atom stereocenters. The molecule has 0 saturated carbocycles. The van der Waals surface area contributed by atoms with Gasteiger partial charge in [-0.3, -0.25) is 0 Å². The number of hydrogen-bond acceptors (Lipinski definition) is 6. The van der Waals surface area contributed by atoms with Crippen LogP contribution in [0.1, 0.15) is 21.7 Å². The zero-order chi connectivity index (χ0) is 27.7. The second-order valence-electron chi connectivity index (χ2n) is 7.91. The number of halogens is 5. The van der Waals surface area contributed by atoms with E-state index in [9.17, 15) is 42.1 Å². The summed E-state index contributed by atoms with van der Waals surface area (Å²) in [6.07, 6.45) is -3.27. The smallest absolute Gasteiger partial charge is 0.428 e. The number of hydrogen-bond donors (Lipinski definition) is 3. The summed E-state index contributed by atoms with van der Waals surface area (Å²) in [6, 6.07) is 11.5. The van der Waals surface area contributed by atoms with Crippen LogP contribution in [0.2, 0.25) is 0 Å². The molecule has 0 spiro atoms. The van der Waals surface area contributed by atoms with Crippen molar-refractivity contribution in [2.24, 2.45) is 0 Å². The maximum Gasteiger partial charge on any atom is 0.428 e. The van der Waals surface area contributed by atoms with Crippen molar-refractivity contribution in [1.82, 2.24) is 4.98 Å². The molecule has 40 heavy (non-hydrogen) atoms. The minimum atomic E-state index is -5.20. The number of aliphatic hydroxyl groups is 1. The quantitative estimate of drug-likeness (QED) is 0.139. The average molecular weight is 612 g/mol. The zero-order valence-corrected chi connectivity index (χ0v) is 26.5. The molecule has 0 aliphatic carbocycles. The molecule has 1 aromatic heterocycles. The van der Waals surface area contributed by atoms with Gasteiger partial charge in [-0.25, -0.2) is 18.6 Å². The topological polar surface area (TPSA) is 90.7 Å². The molecule has 0 aliphatic heterocycles. The van der Waals surface area contributed by atoms with Gasteiger partial charge in [-0.05, 0) is 59.7 Å². The fraction of sp³-hybridized carbons (Fsp3) is 0.0769. The molecule has 14 heteroatoms. The molecule has 0 amide bonds. The van der Waals surface area contributed by atoms with Crippen LogP contribution < -0.4 is 0 Å². The van der Waals surface area contributed by atoms with Crippen molar-refractivity contribution in [3.8, 4) is 5.75 Å². The number of aromatic nitrogens is 1. The third-order valence-electron chi connectivity index (χ3n) is 5.36. The average Bonchev–Trinajstić information content (AvgIpc) is 3.37. The molecule has 3 aromatic carbocycles. The predicted molar refractivity (Wildman–Crippen MR) is 142 cm³/mol. The molecule has 3 N–H and O–H groups in total. The van der Waals surface area contributed by atoms with Crippen LogP contribution in [-0.4, -0.2) is 91.6 Å². The monoisotopic (exact) mass is 611 g/mol. The predicted octanol–water partition coefficient (Wildman–Crippen LogP) is 5.83. The first-order valence-electron chi connectivity index (χ1n) is 10.6. The molecule has 1 atom stereocenters. The van der Waals surface area contributed by atoms with E-state index in [0.717, 1.165) is 48.3 Å². The molecular formula is C26H16F5NNa2O4S2. The third-order valence-corrected chi connectivity index (χ3v) is 7.20. The van der Waals surface area contributed by atoms with E-state index >= 15 is 0 Å². The van der Waals surface area contributed by atoms with E-state index in [2.05, 4.69) is 4.98 Å². The zero-order valence-electron chi connectivity index (χ0n) is 20.9. The Morgan fingerprint density at radius 1 is 0.925 bits per heavy atom. The first-order valence-corrected chi connectivity index (χ1v) is 12.3. The van der Waals surface area contributed by atoms with Crippen LogP contribution in [-0.2, 0) is 10.4 Å². The molecule has 0 bridgehead atoms. The molecule has 0 fully saturated rings. The summed E-state index contributed by atoms with van der Waals surface area (Å²) in [6.45, 7) is 0. The summed E-state index contributed by atoms with van der Waals surface area (Å²) in [5.41, 5.74) is -3.83. The number of aromatic hydroxyl groups is 1. The second kappa shape index (κ2) is 14.0. The Bertz CT molecular complexity index is 1520.